The minimum atomic E-state index is -0.206. The highest BCUT2D eigenvalue weighted by molar-refractivity contribution is 6.30. The van der Waals surface area contributed by atoms with Crippen molar-refractivity contribution in [2.75, 3.05) is 18.4 Å². The van der Waals surface area contributed by atoms with Gasteiger partial charge in [0.1, 0.15) is 17.8 Å². The topological polar surface area (TPSA) is 66.9 Å². The van der Waals surface area contributed by atoms with E-state index in [0.29, 0.717) is 29.0 Å². The monoisotopic (exact) mass is 332 g/mol. The lowest BCUT2D eigenvalue weighted by atomic mass is 10.1. The van der Waals surface area contributed by atoms with Gasteiger partial charge in [0.15, 0.2) is 0 Å². The lowest BCUT2D eigenvalue weighted by Gasteiger charge is -2.09. The second-order valence-corrected chi connectivity index (χ2v) is 6.14. The van der Waals surface area contributed by atoms with Crippen LogP contribution in [0, 0.1) is 5.92 Å². The minimum Gasteiger partial charge on any atom is -0.370 e. The fourth-order valence-electron chi connectivity index (χ4n) is 1.99. The van der Waals surface area contributed by atoms with Crippen molar-refractivity contribution in [2.24, 2.45) is 5.92 Å². The smallest absolute Gasteiger partial charge is 0.270 e. The van der Waals surface area contributed by atoms with E-state index in [-0.39, 0.29) is 5.91 Å². The van der Waals surface area contributed by atoms with E-state index in [1.54, 1.807) is 6.07 Å². The van der Waals surface area contributed by atoms with E-state index in [0.717, 1.165) is 18.5 Å². The first-order valence-corrected chi connectivity index (χ1v) is 8.01. The summed E-state index contributed by atoms with van der Waals surface area (Å²) in [5.41, 5.74) is 1.44. The number of hydrogen-bond donors (Lipinski definition) is 2. The molecule has 1 aromatic carbocycles. The minimum absolute atomic E-state index is 0.206. The standard InChI is InChI=1S/C17H21ClN4O/c1-12(2)10-20-16-9-15(21-11-22-16)17(23)19-7-6-13-4-3-5-14(18)8-13/h3-5,8-9,11-12H,6-7,10H2,1-2H3,(H,19,23)(H,20,21,22). The number of nitrogens with one attached hydrogen (secondary N) is 2. The molecule has 2 aromatic rings. The first-order chi connectivity index (χ1) is 11.0. The summed E-state index contributed by atoms with van der Waals surface area (Å²) in [7, 11) is 0. The van der Waals surface area contributed by atoms with Crippen LogP contribution in [0.25, 0.3) is 0 Å². The molecule has 0 aliphatic rings. The van der Waals surface area contributed by atoms with E-state index in [1.807, 2.05) is 24.3 Å². The zero-order chi connectivity index (χ0) is 16.7. The summed E-state index contributed by atoms with van der Waals surface area (Å²) >= 11 is 5.94. The van der Waals surface area contributed by atoms with Gasteiger partial charge in [0.25, 0.3) is 5.91 Å². The van der Waals surface area contributed by atoms with Crippen molar-refractivity contribution in [1.82, 2.24) is 15.3 Å². The van der Waals surface area contributed by atoms with E-state index in [1.165, 1.54) is 6.33 Å². The van der Waals surface area contributed by atoms with Crippen LogP contribution in [0.3, 0.4) is 0 Å². The van der Waals surface area contributed by atoms with E-state index < -0.39 is 0 Å². The van der Waals surface area contributed by atoms with Crippen molar-refractivity contribution in [1.29, 1.82) is 0 Å². The molecule has 1 amide bonds. The van der Waals surface area contributed by atoms with Crippen molar-refractivity contribution in [3.05, 3.63) is 52.9 Å². The lowest BCUT2D eigenvalue weighted by molar-refractivity contribution is 0.0949. The number of benzene rings is 1. The molecule has 0 spiro atoms. The molecule has 23 heavy (non-hydrogen) atoms. The Balaban J connectivity index is 1.86. The Bertz CT molecular complexity index is 661. The highest BCUT2D eigenvalue weighted by Crippen LogP contribution is 2.11. The number of nitrogens with zero attached hydrogens (tertiary/aromatic N) is 2. The maximum atomic E-state index is 12.1. The quantitative estimate of drug-likeness (QED) is 0.817. The van der Waals surface area contributed by atoms with Crippen LogP contribution < -0.4 is 10.6 Å². The van der Waals surface area contributed by atoms with Crippen molar-refractivity contribution >= 4 is 23.3 Å². The zero-order valence-electron chi connectivity index (χ0n) is 13.3. The Kier molecular flexibility index (Phi) is 6.35. The third-order valence-corrected chi connectivity index (χ3v) is 3.41. The second-order valence-electron chi connectivity index (χ2n) is 5.70. The SMILES string of the molecule is CC(C)CNc1cc(C(=O)NCCc2cccc(Cl)c2)ncn1. The molecule has 0 radical (unpaired) electrons. The Hall–Kier alpha value is -2.14. The molecule has 0 aliphatic carbocycles. The molecule has 0 saturated carbocycles. The first-order valence-electron chi connectivity index (χ1n) is 7.63. The molecule has 0 unspecified atom stereocenters. The first kappa shape index (κ1) is 17.2. The van der Waals surface area contributed by atoms with Crippen LogP contribution in [0.15, 0.2) is 36.7 Å². The highest BCUT2D eigenvalue weighted by atomic mass is 35.5. The predicted molar refractivity (Wildman–Crippen MR) is 92.8 cm³/mol. The average molecular weight is 333 g/mol. The van der Waals surface area contributed by atoms with Crippen molar-refractivity contribution < 1.29 is 4.79 Å². The molecule has 1 heterocycles. The Morgan fingerprint density at radius 3 is 2.83 bits per heavy atom. The summed E-state index contributed by atoms with van der Waals surface area (Å²) in [5.74, 6) is 0.954. The van der Waals surface area contributed by atoms with Crippen LogP contribution in [0.2, 0.25) is 5.02 Å². The van der Waals surface area contributed by atoms with Crippen molar-refractivity contribution in [3.63, 3.8) is 0 Å². The maximum Gasteiger partial charge on any atom is 0.270 e. The fraction of sp³-hybridized carbons (Fsp3) is 0.353. The molecule has 2 N–H and O–H groups in total. The maximum absolute atomic E-state index is 12.1. The third-order valence-electron chi connectivity index (χ3n) is 3.18. The lowest BCUT2D eigenvalue weighted by Crippen LogP contribution is -2.26. The van der Waals surface area contributed by atoms with Gasteiger partial charge in [0.2, 0.25) is 0 Å². The van der Waals surface area contributed by atoms with Gasteiger partial charge in [-0.25, -0.2) is 9.97 Å². The number of hydrogen-bond acceptors (Lipinski definition) is 4. The van der Waals surface area contributed by atoms with E-state index >= 15 is 0 Å². The van der Waals surface area contributed by atoms with Crippen LogP contribution in [0.5, 0.6) is 0 Å². The third kappa shape index (κ3) is 5.87. The fourth-order valence-corrected chi connectivity index (χ4v) is 2.20. The Labute approximate surface area is 141 Å². The van der Waals surface area contributed by atoms with E-state index in [2.05, 4.69) is 34.4 Å². The van der Waals surface area contributed by atoms with Crippen molar-refractivity contribution in [2.45, 2.75) is 20.3 Å². The van der Waals surface area contributed by atoms with Gasteiger partial charge in [0, 0.05) is 24.2 Å². The summed E-state index contributed by atoms with van der Waals surface area (Å²) in [6, 6.07) is 9.27. The van der Waals surface area contributed by atoms with Crippen LogP contribution in [0.1, 0.15) is 29.9 Å². The molecule has 0 atom stereocenters. The number of halogens is 1. The van der Waals surface area contributed by atoms with Gasteiger partial charge >= 0.3 is 0 Å². The molecular weight excluding hydrogens is 312 g/mol. The summed E-state index contributed by atoms with van der Waals surface area (Å²) in [6.07, 6.45) is 2.12. The number of rotatable bonds is 7. The number of carbonyl (C=O) groups excluding carboxylic acids is 1. The van der Waals surface area contributed by atoms with Gasteiger partial charge in [-0.1, -0.05) is 37.6 Å². The summed E-state index contributed by atoms with van der Waals surface area (Å²) in [6.45, 7) is 5.54. The molecule has 0 saturated heterocycles. The molecule has 122 valence electrons. The molecule has 2 rings (SSSR count). The largest absolute Gasteiger partial charge is 0.370 e. The van der Waals surface area contributed by atoms with Gasteiger partial charge in [-0.05, 0) is 30.0 Å². The van der Waals surface area contributed by atoms with Gasteiger partial charge in [0.05, 0.1) is 0 Å². The van der Waals surface area contributed by atoms with Crippen LogP contribution in [0.4, 0.5) is 5.82 Å². The Morgan fingerprint density at radius 1 is 1.26 bits per heavy atom. The Morgan fingerprint density at radius 2 is 2.09 bits per heavy atom. The molecular formula is C17H21ClN4O. The number of amides is 1. The van der Waals surface area contributed by atoms with Gasteiger partial charge < -0.3 is 10.6 Å². The molecule has 0 bridgehead atoms. The molecule has 5 nitrogen and oxygen atoms in total. The normalized spacial score (nSPS) is 10.6. The highest BCUT2D eigenvalue weighted by Gasteiger charge is 2.08. The van der Waals surface area contributed by atoms with Crippen LogP contribution in [-0.4, -0.2) is 29.0 Å². The van der Waals surface area contributed by atoms with Crippen molar-refractivity contribution in [3.8, 4) is 0 Å². The summed E-state index contributed by atoms with van der Waals surface area (Å²) < 4.78 is 0. The number of aromatic nitrogens is 2. The zero-order valence-corrected chi connectivity index (χ0v) is 14.1. The van der Waals surface area contributed by atoms with Gasteiger partial charge in [-0.15, -0.1) is 0 Å². The number of anilines is 1. The summed E-state index contributed by atoms with van der Waals surface area (Å²) in [5, 5.41) is 6.74. The second kappa shape index (κ2) is 8.48. The molecule has 0 fully saturated rings. The summed E-state index contributed by atoms with van der Waals surface area (Å²) in [4.78, 5) is 20.3. The van der Waals surface area contributed by atoms with E-state index in [4.69, 9.17) is 11.6 Å². The van der Waals surface area contributed by atoms with E-state index in [9.17, 15) is 4.79 Å². The van der Waals surface area contributed by atoms with Gasteiger partial charge in [-0.2, -0.15) is 0 Å². The van der Waals surface area contributed by atoms with Gasteiger partial charge in [-0.3, -0.25) is 4.79 Å². The van der Waals surface area contributed by atoms with Crippen LogP contribution >= 0.6 is 11.6 Å². The predicted octanol–water partition coefficient (Wildman–Crippen LogP) is 3.17. The molecule has 6 heteroatoms. The molecule has 1 aromatic heterocycles. The number of carbonyl (C=O) groups is 1. The van der Waals surface area contributed by atoms with Crippen LogP contribution in [-0.2, 0) is 6.42 Å². The average Bonchev–Trinajstić information content (AvgIpc) is 2.53. The molecule has 0 aliphatic heterocycles.